The largest absolute Gasteiger partial charge is 0.319 e. The second-order valence-electron chi connectivity index (χ2n) is 9.69. The Balaban J connectivity index is 1.64. The fourth-order valence-electron chi connectivity index (χ4n) is 5.23. The summed E-state index contributed by atoms with van der Waals surface area (Å²) in [6.45, 7) is 3.66. The SMILES string of the molecule is CP(C)(=O)c1cccc(-c2cccc(-c3c4ccccc4c(-c4ccccc4)c4ccccc34)c2)c1. The molecule has 0 fully saturated rings. The van der Waals surface area contributed by atoms with Crippen LogP contribution in [-0.4, -0.2) is 13.3 Å². The maximum Gasteiger partial charge on any atom is 0.109 e. The molecule has 0 atom stereocenters. The highest BCUT2D eigenvalue weighted by Gasteiger charge is 2.17. The molecule has 2 heteroatoms. The first-order chi connectivity index (χ1) is 17.5. The Labute approximate surface area is 212 Å². The van der Waals surface area contributed by atoms with Gasteiger partial charge in [-0.15, -0.1) is 0 Å². The van der Waals surface area contributed by atoms with E-state index in [0.717, 1.165) is 16.4 Å². The highest BCUT2D eigenvalue weighted by Crippen LogP contribution is 2.44. The molecular weight excluding hydrogens is 455 g/mol. The van der Waals surface area contributed by atoms with Crippen molar-refractivity contribution >= 4 is 34.0 Å². The minimum absolute atomic E-state index is 0.911. The normalized spacial score (nSPS) is 11.7. The van der Waals surface area contributed by atoms with Crippen molar-refractivity contribution in [3.8, 4) is 33.4 Å². The lowest BCUT2D eigenvalue weighted by atomic mass is 9.85. The van der Waals surface area contributed by atoms with Crippen molar-refractivity contribution in [3.63, 3.8) is 0 Å². The molecule has 0 N–H and O–H groups in total. The fourth-order valence-corrected chi connectivity index (χ4v) is 6.12. The zero-order valence-electron chi connectivity index (χ0n) is 20.5. The maximum atomic E-state index is 12.7. The molecule has 0 amide bonds. The Kier molecular flexibility index (Phi) is 5.59. The summed E-state index contributed by atoms with van der Waals surface area (Å²) >= 11 is 0. The first-order valence-corrected chi connectivity index (χ1v) is 14.9. The van der Waals surface area contributed by atoms with Gasteiger partial charge in [-0.2, -0.15) is 0 Å². The molecule has 0 saturated carbocycles. The summed E-state index contributed by atoms with van der Waals surface area (Å²) in [6, 6.07) is 45.0. The predicted molar refractivity (Wildman–Crippen MR) is 157 cm³/mol. The molecule has 0 aromatic heterocycles. The molecule has 6 aromatic carbocycles. The van der Waals surface area contributed by atoms with Crippen molar-refractivity contribution in [2.24, 2.45) is 0 Å². The predicted octanol–water partition coefficient (Wildman–Crippen LogP) is 9.24. The van der Waals surface area contributed by atoms with Gasteiger partial charge in [-0.3, -0.25) is 0 Å². The van der Waals surface area contributed by atoms with Crippen LogP contribution < -0.4 is 5.30 Å². The van der Waals surface area contributed by atoms with Gasteiger partial charge in [-0.05, 0) is 80.4 Å². The monoisotopic (exact) mass is 482 g/mol. The minimum Gasteiger partial charge on any atom is -0.319 e. The topological polar surface area (TPSA) is 17.1 Å². The van der Waals surface area contributed by atoms with Crippen LogP contribution in [0.1, 0.15) is 0 Å². The first kappa shape index (κ1) is 22.5. The number of hydrogen-bond acceptors (Lipinski definition) is 1. The molecule has 6 aromatic rings. The first-order valence-electron chi connectivity index (χ1n) is 12.3. The molecule has 0 bridgehead atoms. The van der Waals surface area contributed by atoms with E-state index < -0.39 is 7.14 Å². The van der Waals surface area contributed by atoms with Gasteiger partial charge in [0.25, 0.3) is 0 Å². The summed E-state index contributed by atoms with van der Waals surface area (Å²) in [5, 5.41) is 5.90. The van der Waals surface area contributed by atoms with Crippen LogP contribution in [0.15, 0.2) is 127 Å². The Bertz CT molecular complexity index is 1720. The van der Waals surface area contributed by atoms with Crippen LogP contribution in [-0.2, 0) is 4.57 Å². The Morgan fingerprint density at radius 3 is 1.39 bits per heavy atom. The van der Waals surface area contributed by atoms with E-state index in [1.54, 1.807) is 0 Å². The van der Waals surface area contributed by atoms with Crippen molar-refractivity contribution in [3.05, 3.63) is 127 Å². The quantitative estimate of drug-likeness (QED) is 0.181. The molecule has 0 aliphatic carbocycles. The van der Waals surface area contributed by atoms with E-state index in [9.17, 15) is 4.57 Å². The summed E-state index contributed by atoms with van der Waals surface area (Å²) < 4.78 is 12.7. The number of rotatable bonds is 4. The van der Waals surface area contributed by atoms with Crippen LogP contribution >= 0.6 is 7.14 Å². The molecule has 36 heavy (non-hydrogen) atoms. The average molecular weight is 483 g/mol. The highest BCUT2D eigenvalue weighted by atomic mass is 31.2. The standard InChI is InChI=1S/C34H27OP/c1-36(2,35)28-17-11-15-26(23-28)25-14-10-16-27(22-25)34-31-20-8-6-18-29(31)33(24-12-4-3-5-13-24)30-19-7-9-21-32(30)34/h3-23H,1-2H3. The molecule has 0 heterocycles. The lowest BCUT2D eigenvalue weighted by molar-refractivity contribution is 0.588. The zero-order chi connectivity index (χ0) is 24.7. The van der Waals surface area contributed by atoms with Crippen LogP contribution in [0.5, 0.6) is 0 Å². The van der Waals surface area contributed by atoms with Crippen LogP contribution in [0.3, 0.4) is 0 Å². The molecular formula is C34H27OP. The maximum absolute atomic E-state index is 12.7. The Hall–Kier alpha value is -3.93. The van der Waals surface area contributed by atoms with Crippen LogP contribution in [0.2, 0.25) is 0 Å². The van der Waals surface area contributed by atoms with E-state index in [-0.39, 0.29) is 0 Å². The van der Waals surface area contributed by atoms with Gasteiger partial charge in [0, 0.05) is 5.30 Å². The molecule has 0 unspecified atom stereocenters. The molecule has 0 radical (unpaired) electrons. The van der Waals surface area contributed by atoms with Crippen LogP contribution in [0.25, 0.3) is 54.9 Å². The van der Waals surface area contributed by atoms with Crippen molar-refractivity contribution in [2.45, 2.75) is 0 Å². The molecule has 0 spiro atoms. The Morgan fingerprint density at radius 2 is 0.833 bits per heavy atom. The molecule has 6 rings (SSSR count). The lowest BCUT2D eigenvalue weighted by Gasteiger charge is -2.18. The number of hydrogen-bond donors (Lipinski definition) is 0. The van der Waals surface area contributed by atoms with Crippen molar-refractivity contribution in [1.82, 2.24) is 0 Å². The van der Waals surface area contributed by atoms with Crippen LogP contribution in [0, 0.1) is 0 Å². The van der Waals surface area contributed by atoms with Gasteiger partial charge < -0.3 is 4.57 Å². The second kappa shape index (κ2) is 8.94. The lowest BCUT2D eigenvalue weighted by Crippen LogP contribution is -2.02. The van der Waals surface area contributed by atoms with E-state index >= 15 is 0 Å². The Morgan fingerprint density at radius 1 is 0.417 bits per heavy atom. The second-order valence-corrected chi connectivity index (χ2v) is 12.9. The molecule has 174 valence electrons. The average Bonchev–Trinajstić information content (AvgIpc) is 2.92. The molecule has 0 saturated heterocycles. The zero-order valence-corrected chi connectivity index (χ0v) is 21.4. The third-order valence-electron chi connectivity index (χ3n) is 6.95. The van der Waals surface area contributed by atoms with E-state index in [4.69, 9.17) is 0 Å². The van der Waals surface area contributed by atoms with Crippen molar-refractivity contribution in [2.75, 3.05) is 13.3 Å². The summed E-state index contributed by atoms with van der Waals surface area (Å²) in [7, 11) is -2.34. The van der Waals surface area contributed by atoms with E-state index in [0.29, 0.717) is 0 Å². The summed E-state index contributed by atoms with van der Waals surface area (Å²) in [5.41, 5.74) is 7.15. The number of fused-ring (bicyclic) bond motifs is 2. The molecule has 1 nitrogen and oxygen atoms in total. The van der Waals surface area contributed by atoms with E-state index in [1.165, 1.54) is 43.8 Å². The van der Waals surface area contributed by atoms with Gasteiger partial charge in [-0.1, -0.05) is 115 Å². The van der Waals surface area contributed by atoms with Crippen molar-refractivity contribution < 1.29 is 4.57 Å². The van der Waals surface area contributed by atoms with Crippen LogP contribution in [0.4, 0.5) is 0 Å². The van der Waals surface area contributed by atoms with Gasteiger partial charge in [0.1, 0.15) is 7.14 Å². The smallest absolute Gasteiger partial charge is 0.109 e. The summed E-state index contributed by atoms with van der Waals surface area (Å²) in [5.74, 6) is 0. The van der Waals surface area contributed by atoms with Gasteiger partial charge >= 0.3 is 0 Å². The third kappa shape index (κ3) is 3.96. The van der Waals surface area contributed by atoms with E-state index in [1.807, 2.05) is 25.5 Å². The summed E-state index contributed by atoms with van der Waals surface area (Å²) in [4.78, 5) is 0. The van der Waals surface area contributed by atoms with Crippen molar-refractivity contribution in [1.29, 1.82) is 0 Å². The third-order valence-corrected chi connectivity index (χ3v) is 8.47. The van der Waals surface area contributed by atoms with Gasteiger partial charge in [-0.25, -0.2) is 0 Å². The fraction of sp³-hybridized carbons (Fsp3) is 0.0588. The minimum atomic E-state index is -2.34. The van der Waals surface area contributed by atoms with E-state index in [2.05, 4.69) is 115 Å². The van der Waals surface area contributed by atoms with Gasteiger partial charge in [0.05, 0.1) is 0 Å². The highest BCUT2D eigenvalue weighted by molar-refractivity contribution is 7.70. The van der Waals surface area contributed by atoms with Gasteiger partial charge in [0.15, 0.2) is 0 Å². The summed E-state index contributed by atoms with van der Waals surface area (Å²) in [6.07, 6.45) is 0. The van der Waals surface area contributed by atoms with Gasteiger partial charge in [0.2, 0.25) is 0 Å². The molecule has 0 aliphatic heterocycles. The molecule has 0 aliphatic rings. The number of benzene rings is 6.